The lowest BCUT2D eigenvalue weighted by Crippen LogP contribution is -2.34. The number of hydrogen-bond acceptors (Lipinski definition) is 3. The molecule has 1 fully saturated rings. The van der Waals surface area contributed by atoms with Gasteiger partial charge in [0.1, 0.15) is 0 Å². The molecule has 2 nitrogen and oxygen atoms in total. The monoisotopic (exact) mass is 402 g/mol. The molecule has 29 heavy (non-hydrogen) atoms. The van der Waals surface area contributed by atoms with Crippen molar-refractivity contribution in [3.63, 3.8) is 0 Å². The van der Waals surface area contributed by atoms with Gasteiger partial charge in [-0.05, 0) is 56.2 Å². The zero-order valence-electron chi connectivity index (χ0n) is 18.0. The largest absolute Gasteiger partial charge is 0.346 e. The molecule has 0 aliphatic carbocycles. The van der Waals surface area contributed by atoms with E-state index in [1.54, 1.807) is 0 Å². The molecule has 1 aliphatic heterocycles. The standard InChI is InChI=1S/C26H30N2S/c1-18-16-19(2)24(20(3)17-18)27-21(4)28(29-5)26(23-14-10-7-11-15-23)25(27)22-12-8-6-9-13-22/h6-17,21,25-26H,1-5H3. The molecule has 3 unspecified atom stereocenters. The Bertz CT molecular complexity index is 948. The van der Waals surface area contributed by atoms with Gasteiger partial charge >= 0.3 is 0 Å². The van der Waals surface area contributed by atoms with Crippen LogP contribution in [0.5, 0.6) is 0 Å². The van der Waals surface area contributed by atoms with E-state index in [4.69, 9.17) is 0 Å². The van der Waals surface area contributed by atoms with Gasteiger partial charge in [0.2, 0.25) is 0 Å². The average molecular weight is 403 g/mol. The van der Waals surface area contributed by atoms with E-state index in [1.807, 2.05) is 11.9 Å². The summed E-state index contributed by atoms with van der Waals surface area (Å²) in [7, 11) is 0. The fraction of sp³-hybridized carbons (Fsp3) is 0.308. The lowest BCUT2D eigenvalue weighted by Gasteiger charge is -2.34. The molecular weight excluding hydrogens is 372 g/mol. The summed E-state index contributed by atoms with van der Waals surface area (Å²) in [5.74, 6) is 0. The van der Waals surface area contributed by atoms with Gasteiger partial charge in [-0.3, -0.25) is 0 Å². The number of benzene rings is 3. The third-order valence-corrected chi connectivity index (χ3v) is 6.98. The quantitative estimate of drug-likeness (QED) is 0.441. The van der Waals surface area contributed by atoms with Gasteiger partial charge < -0.3 is 4.90 Å². The van der Waals surface area contributed by atoms with Crippen molar-refractivity contribution in [3.05, 3.63) is 101 Å². The van der Waals surface area contributed by atoms with Crippen LogP contribution in [0.2, 0.25) is 0 Å². The number of anilines is 1. The van der Waals surface area contributed by atoms with Crippen LogP contribution < -0.4 is 4.90 Å². The van der Waals surface area contributed by atoms with Gasteiger partial charge in [-0.15, -0.1) is 0 Å². The van der Waals surface area contributed by atoms with Crippen molar-refractivity contribution in [1.82, 2.24) is 4.31 Å². The highest BCUT2D eigenvalue weighted by Gasteiger charge is 2.47. The Morgan fingerprint density at radius 2 is 1.21 bits per heavy atom. The Balaban J connectivity index is 1.94. The second kappa shape index (κ2) is 8.25. The second-order valence-corrected chi connectivity index (χ2v) is 8.83. The van der Waals surface area contributed by atoms with Crippen LogP contribution in [0.15, 0.2) is 72.8 Å². The first-order valence-electron chi connectivity index (χ1n) is 10.3. The molecular formula is C26H30N2S. The Hall–Kier alpha value is -2.23. The summed E-state index contributed by atoms with van der Waals surface area (Å²) < 4.78 is 2.56. The molecule has 3 aromatic carbocycles. The van der Waals surface area contributed by atoms with Crippen LogP contribution in [-0.2, 0) is 0 Å². The van der Waals surface area contributed by atoms with Gasteiger partial charge in [0, 0.05) is 5.69 Å². The van der Waals surface area contributed by atoms with Gasteiger partial charge in [-0.1, -0.05) is 90.3 Å². The molecule has 3 aromatic rings. The highest BCUT2D eigenvalue weighted by molar-refractivity contribution is 7.96. The fourth-order valence-corrected chi connectivity index (χ4v) is 5.89. The van der Waals surface area contributed by atoms with E-state index in [1.165, 1.54) is 33.5 Å². The van der Waals surface area contributed by atoms with Crippen molar-refractivity contribution in [2.45, 2.75) is 45.9 Å². The molecule has 4 rings (SSSR count). The molecule has 0 N–H and O–H groups in total. The van der Waals surface area contributed by atoms with Crippen molar-refractivity contribution in [2.24, 2.45) is 0 Å². The number of aryl methyl sites for hydroxylation is 3. The average Bonchev–Trinajstić information content (AvgIpc) is 3.01. The molecule has 1 saturated heterocycles. The van der Waals surface area contributed by atoms with Gasteiger partial charge in [0.15, 0.2) is 0 Å². The Kier molecular flexibility index (Phi) is 5.71. The summed E-state index contributed by atoms with van der Waals surface area (Å²) in [5.41, 5.74) is 8.13. The highest BCUT2D eigenvalue weighted by atomic mass is 32.2. The maximum absolute atomic E-state index is 2.65. The lowest BCUT2D eigenvalue weighted by molar-refractivity contribution is 0.373. The Morgan fingerprint density at radius 1 is 0.724 bits per heavy atom. The second-order valence-electron chi connectivity index (χ2n) is 8.04. The summed E-state index contributed by atoms with van der Waals surface area (Å²) in [6.45, 7) is 9.04. The molecule has 0 aromatic heterocycles. The predicted octanol–water partition coefficient (Wildman–Crippen LogP) is 6.84. The normalized spacial score (nSPS) is 22.2. The van der Waals surface area contributed by atoms with Crippen molar-refractivity contribution >= 4 is 17.6 Å². The topological polar surface area (TPSA) is 6.48 Å². The molecule has 0 saturated carbocycles. The van der Waals surface area contributed by atoms with Gasteiger partial charge in [0.05, 0.1) is 18.2 Å². The van der Waals surface area contributed by atoms with Gasteiger partial charge in [0.25, 0.3) is 0 Å². The first-order chi connectivity index (χ1) is 14.0. The third kappa shape index (κ3) is 3.58. The summed E-state index contributed by atoms with van der Waals surface area (Å²) in [5, 5.41) is 0. The fourth-order valence-electron chi connectivity index (χ4n) is 5.02. The molecule has 0 bridgehead atoms. The first kappa shape index (κ1) is 20.1. The van der Waals surface area contributed by atoms with Crippen molar-refractivity contribution in [1.29, 1.82) is 0 Å². The molecule has 150 valence electrons. The van der Waals surface area contributed by atoms with E-state index >= 15 is 0 Å². The predicted molar refractivity (Wildman–Crippen MR) is 126 cm³/mol. The van der Waals surface area contributed by atoms with Gasteiger partial charge in [-0.25, -0.2) is 4.31 Å². The zero-order chi connectivity index (χ0) is 20.5. The van der Waals surface area contributed by atoms with Crippen LogP contribution in [0.25, 0.3) is 0 Å². The van der Waals surface area contributed by atoms with Crippen LogP contribution in [0, 0.1) is 20.8 Å². The van der Waals surface area contributed by atoms with E-state index in [0.717, 1.165) is 0 Å². The summed E-state index contributed by atoms with van der Waals surface area (Å²) in [6.07, 6.45) is 2.48. The molecule has 1 heterocycles. The number of nitrogens with zero attached hydrogens (tertiary/aromatic N) is 2. The van der Waals surface area contributed by atoms with Crippen LogP contribution in [0.1, 0.15) is 46.8 Å². The van der Waals surface area contributed by atoms with E-state index in [-0.39, 0.29) is 18.2 Å². The van der Waals surface area contributed by atoms with Gasteiger partial charge in [-0.2, -0.15) is 0 Å². The summed E-state index contributed by atoms with van der Waals surface area (Å²) >= 11 is 1.85. The van der Waals surface area contributed by atoms with Crippen LogP contribution in [0.3, 0.4) is 0 Å². The molecule has 3 atom stereocenters. The minimum absolute atomic E-state index is 0.251. The smallest absolute Gasteiger partial charge is 0.0901 e. The molecule has 0 amide bonds. The van der Waals surface area contributed by atoms with E-state index < -0.39 is 0 Å². The number of hydrogen-bond donors (Lipinski definition) is 0. The molecule has 0 radical (unpaired) electrons. The summed E-state index contributed by atoms with van der Waals surface area (Å²) in [4.78, 5) is 2.65. The van der Waals surface area contributed by atoms with E-state index in [9.17, 15) is 0 Å². The minimum Gasteiger partial charge on any atom is -0.346 e. The zero-order valence-corrected chi connectivity index (χ0v) is 18.8. The highest BCUT2D eigenvalue weighted by Crippen LogP contribution is 2.52. The molecule has 3 heteroatoms. The first-order valence-corrected chi connectivity index (χ1v) is 11.5. The lowest BCUT2D eigenvalue weighted by atomic mass is 9.92. The minimum atomic E-state index is 0.251. The maximum atomic E-state index is 2.65. The van der Waals surface area contributed by atoms with Crippen molar-refractivity contribution in [2.75, 3.05) is 11.2 Å². The SMILES string of the molecule is CSN1C(c2ccccc2)C(c2ccccc2)N(c2c(C)cc(C)cc2C)C1C. The van der Waals surface area contributed by atoms with E-state index in [2.05, 4.69) is 116 Å². The Labute approximate surface area is 179 Å². The van der Waals surface area contributed by atoms with Crippen LogP contribution in [-0.4, -0.2) is 16.7 Å². The maximum Gasteiger partial charge on any atom is 0.0901 e. The molecule has 0 spiro atoms. The Morgan fingerprint density at radius 3 is 1.69 bits per heavy atom. The van der Waals surface area contributed by atoms with Crippen LogP contribution >= 0.6 is 11.9 Å². The van der Waals surface area contributed by atoms with Crippen molar-refractivity contribution in [3.8, 4) is 0 Å². The number of rotatable bonds is 4. The summed E-state index contributed by atoms with van der Waals surface area (Å²) in [6, 6.07) is 27.1. The van der Waals surface area contributed by atoms with Crippen LogP contribution in [0.4, 0.5) is 5.69 Å². The third-order valence-electron chi connectivity index (χ3n) is 6.03. The molecule has 1 aliphatic rings. The van der Waals surface area contributed by atoms with Crippen molar-refractivity contribution < 1.29 is 0 Å². The van der Waals surface area contributed by atoms with E-state index in [0.29, 0.717) is 0 Å².